The molecule has 0 spiro atoms. The summed E-state index contributed by atoms with van der Waals surface area (Å²) in [4.78, 5) is 34.1. The van der Waals surface area contributed by atoms with Gasteiger partial charge in [0.15, 0.2) is 11.6 Å². The van der Waals surface area contributed by atoms with Crippen LogP contribution in [0.2, 0.25) is 0 Å². The maximum atomic E-state index is 14.4. The van der Waals surface area contributed by atoms with Crippen molar-refractivity contribution >= 4 is 11.8 Å². The van der Waals surface area contributed by atoms with Crippen molar-refractivity contribution in [3.8, 4) is 29.0 Å². The Morgan fingerprint density at radius 1 is 1.26 bits per heavy atom. The van der Waals surface area contributed by atoms with Gasteiger partial charge in [0.25, 0.3) is 5.91 Å². The molecular formula is C22H19FN6O2. The van der Waals surface area contributed by atoms with Crippen LogP contribution in [0.4, 0.5) is 4.39 Å². The number of carbonyl (C=O) groups is 2. The van der Waals surface area contributed by atoms with Crippen molar-refractivity contribution in [2.45, 2.75) is 13.3 Å². The number of amides is 2. The van der Waals surface area contributed by atoms with Crippen molar-refractivity contribution in [2.75, 3.05) is 13.6 Å². The van der Waals surface area contributed by atoms with Crippen LogP contribution in [-0.2, 0) is 4.79 Å². The minimum absolute atomic E-state index is 0.00597. The van der Waals surface area contributed by atoms with Crippen LogP contribution in [0.25, 0.3) is 17.2 Å². The molecule has 0 bridgehead atoms. The Morgan fingerprint density at radius 3 is 2.71 bits per heavy atom. The molecule has 0 radical (unpaired) electrons. The molecule has 0 unspecified atom stereocenters. The van der Waals surface area contributed by atoms with E-state index >= 15 is 0 Å². The predicted octanol–water partition coefficient (Wildman–Crippen LogP) is 1.71. The van der Waals surface area contributed by atoms with E-state index in [0.717, 1.165) is 5.69 Å². The number of nitrogens with zero attached hydrogens (tertiary/aromatic N) is 5. The molecule has 1 atom stereocenters. The Kier molecular flexibility index (Phi) is 5.21. The molecule has 156 valence electrons. The fraction of sp³-hybridized carbons (Fsp3) is 0.227. The Hall–Kier alpha value is -4.06. The summed E-state index contributed by atoms with van der Waals surface area (Å²) in [6, 6.07) is 7.47. The lowest BCUT2D eigenvalue weighted by Crippen LogP contribution is -2.21. The number of rotatable bonds is 3. The van der Waals surface area contributed by atoms with Gasteiger partial charge in [0.05, 0.1) is 5.56 Å². The standard InChI is InChI=1S/C22H19FN6O2/c1-13-7-9-25-29(13)19-12-18(20(24)30)26-21(27-19)16-5-6-17(23)15(11-16)4-3-14-8-10-28(2)22(14)31/h5-7,9,11-12,14H,8,10H2,1-2H3,(H2,24,30)/t14-/m1/s1. The lowest BCUT2D eigenvalue weighted by Gasteiger charge is -2.09. The third kappa shape index (κ3) is 4.00. The van der Waals surface area contributed by atoms with Crippen molar-refractivity contribution in [1.29, 1.82) is 0 Å². The zero-order valence-electron chi connectivity index (χ0n) is 17.0. The predicted molar refractivity (Wildman–Crippen MR) is 110 cm³/mol. The highest BCUT2D eigenvalue weighted by Crippen LogP contribution is 2.22. The summed E-state index contributed by atoms with van der Waals surface area (Å²) in [5.41, 5.74) is 6.82. The number of nitrogens with two attached hydrogens (primary N) is 1. The molecule has 2 amide bonds. The van der Waals surface area contributed by atoms with Crippen LogP contribution in [0.1, 0.15) is 28.2 Å². The summed E-state index contributed by atoms with van der Waals surface area (Å²) < 4.78 is 15.9. The second-order valence-electron chi connectivity index (χ2n) is 7.25. The topological polar surface area (TPSA) is 107 Å². The lowest BCUT2D eigenvalue weighted by molar-refractivity contribution is -0.128. The van der Waals surface area contributed by atoms with Gasteiger partial charge in [-0.15, -0.1) is 0 Å². The fourth-order valence-electron chi connectivity index (χ4n) is 3.29. The van der Waals surface area contributed by atoms with E-state index in [0.29, 0.717) is 24.3 Å². The molecule has 0 aliphatic carbocycles. The van der Waals surface area contributed by atoms with E-state index < -0.39 is 17.6 Å². The normalized spacial score (nSPS) is 15.6. The number of aromatic nitrogens is 4. The van der Waals surface area contributed by atoms with Crippen molar-refractivity contribution in [1.82, 2.24) is 24.6 Å². The third-order valence-electron chi connectivity index (χ3n) is 5.05. The summed E-state index contributed by atoms with van der Waals surface area (Å²) in [5, 5.41) is 4.20. The van der Waals surface area contributed by atoms with E-state index in [2.05, 4.69) is 26.9 Å². The average molecular weight is 418 g/mol. The molecule has 9 heteroatoms. The summed E-state index contributed by atoms with van der Waals surface area (Å²) in [5.74, 6) is 4.40. The van der Waals surface area contributed by atoms with Crippen LogP contribution >= 0.6 is 0 Å². The largest absolute Gasteiger partial charge is 0.364 e. The number of primary amides is 1. The molecule has 2 N–H and O–H groups in total. The second kappa shape index (κ2) is 7.99. The van der Waals surface area contributed by atoms with E-state index in [4.69, 9.17) is 5.73 Å². The van der Waals surface area contributed by atoms with Crippen LogP contribution in [-0.4, -0.2) is 50.1 Å². The van der Waals surface area contributed by atoms with Crippen molar-refractivity contribution < 1.29 is 14.0 Å². The van der Waals surface area contributed by atoms with Crippen molar-refractivity contribution in [3.63, 3.8) is 0 Å². The highest BCUT2D eigenvalue weighted by molar-refractivity contribution is 5.91. The van der Waals surface area contributed by atoms with E-state index in [1.165, 1.54) is 24.3 Å². The Balaban J connectivity index is 1.76. The number of hydrogen-bond donors (Lipinski definition) is 1. The second-order valence-corrected chi connectivity index (χ2v) is 7.25. The first-order valence-electron chi connectivity index (χ1n) is 9.60. The van der Waals surface area contributed by atoms with Crippen LogP contribution < -0.4 is 5.73 Å². The van der Waals surface area contributed by atoms with Gasteiger partial charge in [-0.1, -0.05) is 11.8 Å². The maximum absolute atomic E-state index is 14.4. The number of likely N-dealkylation sites (tertiary alicyclic amines) is 1. The van der Waals surface area contributed by atoms with Gasteiger partial charge < -0.3 is 10.6 Å². The molecule has 1 aliphatic rings. The minimum Gasteiger partial charge on any atom is -0.364 e. The maximum Gasteiger partial charge on any atom is 0.267 e. The van der Waals surface area contributed by atoms with E-state index in [1.54, 1.807) is 28.9 Å². The van der Waals surface area contributed by atoms with Gasteiger partial charge >= 0.3 is 0 Å². The van der Waals surface area contributed by atoms with Gasteiger partial charge in [0.2, 0.25) is 5.91 Å². The van der Waals surface area contributed by atoms with E-state index in [9.17, 15) is 14.0 Å². The van der Waals surface area contributed by atoms with Gasteiger partial charge in [0.1, 0.15) is 17.4 Å². The van der Waals surface area contributed by atoms with Crippen LogP contribution in [0.3, 0.4) is 0 Å². The molecule has 1 aliphatic heterocycles. The lowest BCUT2D eigenvalue weighted by atomic mass is 10.1. The number of aryl methyl sites for hydroxylation is 1. The Labute approximate surface area is 177 Å². The fourth-order valence-corrected chi connectivity index (χ4v) is 3.29. The zero-order valence-corrected chi connectivity index (χ0v) is 17.0. The molecule has 3 heterocycles. The first kappa shape index (κ1) is 20.2. The highest BCUT2D eigenvalue weighted by Gasteiger charge is 2.27. The number of halogens is 1. The van der Waals surface area contributed by atoms with Gasteiger partial charge in [-0.2, -0.15) is 5.10 Å². The third-order valence-corrected chi connectivity index (χ3v) is 5.05. The highest BCUT2D eigenvalue weighted by atomic mass is 19.1. The van der Waals surface area contributed by atoms with Crippen molar-refractivity contribution in [3.05, 3.63) is 59.3 Å². The minimum atomic E-state index is -0.722. The molecule has 1 aromatic carbocycles. The summed E-state index contributed by atoms with van der Waals surface area (Å²) in [6.45, 7) is 2.47. The molecule has 1 saturated heterocycles. The van der Waals surface area contributed by atoms with E-state index in [1.807, 2.05) is 6.92 Å². The van der Waals surface area contributed by atoms with Crippen molar-refractivity contribution in [2.24, 2.45) is 11.7 Å². The first-order valence-corrected chi connectivity index (χ1v) is 9.60. The zero-order chi connectivity index (χ0) is 22.1. The Bertz CT molecular complexity index is 1260. The molecule has 3 aromatic rings. The van der Waals surface area contributed by atoms with Gasteiger partial charge in [-0.25, -0.2) is 19.0 Å². The van der Waals surface area contributed by atoms with Crippen LogP contribution in [0, 0.1) is 30.5 Å². The average Bonchev–Trinajstić information content (AvgIpc) is 3.32. The van der Waals surface area contributed by atoms with Crippen LogP contribution in [0.15, 0.2) is 36.5 Å². The van der Waals surface area contributed by atoms with Gasteiger partial charge in [-0.05, 0) is 37.6 Å². The summed E-state index contributed by atoms with van der Waals surface area (Å²) in [6.07, 6.45) is 2.22. The smallest absolute Gasteiger partial charge is 0.267 e. The molecular weight excluding hydrogens is 399 g/mol. The number of benzene rings is 1. The first-order chi connectivity index (χ1) is 14.8. The van der Waals surface area contributed by atoms with Gasteiger partial charge in [0, 0.05) is 37.1 Å². The Morgan fingerprint density at radius 2 is 2.06 bits per heavy atom. The molecule has 8 nitrogen and oxygen atoms in total. The van der Waals surface area contributed by atoms with E-state index in [-0.39, 0.29) is 23.0 Å². The summed E-state index contributed by atoms with van der Waals surface area (Å²) >= 11 is 0. The molecule has 0 saturated carbocycles. The SMILES string of the molecule is Cc1ccnn1-c1cc(C(N)=O)nc(-c2ccc(F)c(C#C[C@@H]3CCN(C)C3=O)c2)n1. The number of carbonyl (C=O) groups excluding carboxylic acids is 2. The monoisotopic (exact) mass is 418 g/mol. The molecule has 1 fully saturated rings. The van der Waals surface area contributed by atoms with Gasteiger partial charge in [-0.3, -0.25) is 9.59 Å². The molecule has 31 heavy (non-hydrogen) atoms. The summed E-state index contributed by atoms with van der Waals surface area (Å²) in [7, 11) is 1.72. The quantitative estimate of drug-likeness (QED) is 0.652. The number of hydrogen-bond acceptors (Lipinski definition) is 5. The van der Waals surface area contributed by atoms with Crippen LogP contribution in [0.5, 0.6) is 0 Å². The molecule has 2 aromatic heterocycles. The molecule has 4 rings (SSSR count).